The van der Waals surface area contributed by atoms with Crippen LogP contribution in [-0.4, -0.2) is 23.8 Å². The topological polar surface area (TPSA) is 93.8 Å². The minimum absolute atomic E-state index is 0.00229. The monoisotopic (exact) mass is 237 g/mol. The van der Waals surface area contributed by atoms with Crippen LogP contribution in [0, 0.1) is 10.1 Å². The molecule has 1 aromatic rings. The molecule has 0 aliphatic heterocycles. The molecule has 0 fully saturated rings. The summed E-state index contributed by atoms with van der Waals surface area (Å²) >= 11 is 0. The van der Waals surface area contributed by atoms with Crippen LogP contribution in [0.1, 0.15) is 12.5 Å². The summed E-state index contributed by atoms with van der Waals surface area (Å²) in [5.74, 6) is 0. The molecule has 0 spiro atoms. The van der Waals surface area contributed by atoms with Crippen LogP contribution in [0.4, 0.5) is 10.5 Å². The van der Waals surface area contributed by atoms with Crippen LogP contribution in [-0.2, 0) is 4.74 Å². The SMILES string of the molecule is COC(=O)N/N=C(\C)c1ccc([N+](=O)[O-])cc1. The Labute approximate surface area is 97.2 Å². The van der Waals surface area contributed by atoms with Gasteiger partial charge in [0.2, 0.25) is 0 Å². The van der Waals surface area contributed by atoms with Crippen molar-refractivity contribution in [2.24, 2.45) is 5.10 Å². The van der Waals surface area contributed by atoms with Gasteiger partial charge in [0, 0.05) is 12.1 Å². The average Bonchev–Trinajstić information content (AvgIpc) is 2.35. The van der Waals surface area contributed by atoms with E-state index in [1.807, 2.05) is 0 Å². The highest BCUT2D eigenvalue weighted by Gasteiger charge is 2.05. The Morgan fingerprint density at radius 3 is 2.47 bits per heavy atom. The number of nitrogens with one attached hydrogen (secondary N) is 1. The van der Waals surface area contributed by atoms with E-state index in [9.17, 15) is 14.9 Å². The zero-order valence-corrected chi connectivity index (χ0v) is 9.34. The minimum atomic E-state index is -0.675. The van der Waals surface area contributed by atoms with E-state index in [-0.39, 0.29) is 5.69 Å². The van der Waals surface area contributed by atoms with Crippen molar-refractivity contribution in [3.63, 3.8) is 0 Å². The summed E-state index contributed by atoms with van der Waals surface area (Å²) in [5, 5.41) is 14.2. The minimum Gasteiger partial charge on any atom is -0.452 e. The maximum absolute atomic E-state index is 10.8. The fraction of sp³-hybridized carbons (Fsp3) is 0.200. The number of nitro groups is 1. The number of nitro benzene ring substituents is 1. The summed E-state index contributed by atoms with van der Waals surface area (Å²) in [5.41, 5.74) is 3.36. The molecule has 7 heteroatoms. The Morgan fingerprint density at radius 2 is 2.00 bits per heavy atom. The number of amides is 1. The van der Waals surface area contributed by atoms with E-state index in [4.69, 9.17) is 0 Å². The van der Waals surface area contributed by atoms with Gasteiger partial charge in [-0.25, -0.2) is 10.2 Å². The lowest BCUT2D eigenvalue weighted by Crippen LogP contribution is -2.18. The van der Waals surface area contributed by atoms with Gasteiger partial charge < -0.3 is 4.74 Å². The molecule has 17 heavy (non-hydrogen) atoms. The first-order chi connectivity index (χ1) is 8.04. The fourth-order valence-corrected chi connectivity index (χ4v) is 1.06. The molecule has 0 aliphatic carbocycles. The van der Waals surface area contributed by atoms with Crippen molar-refractivity contribution in [1.82, 2.24) is 5.43 Å². The summed E-state index contributed by atoms with van der Waals surface area (Å²) in [4.78, 5) is 20.7. The molecule has 0 aliphatic rings. The first-order valence-electron chi connectivity index (χ1n) is 4.67. The molecule has 0 radical (unpaired) electrons. The van der Waals surface area contributed by atoms with E-state index in [0.717, 1.165) is 0 Å². The summed E-state index contributed by atoms with van der Waals surface area (Å²) in [7, 11) is 1.23. The Bertz CT molecular complexity index is 453. The van der Waals surface area contributed by atoms with Crippen molar-refractivity contribution in [2.45, 2.75) is 6.92 Å². The highest BCUT2D eigenvalue weighted by Crippen LogP contribution is 2.12. The van der Waals surface area contributed by atoms with Gasteiger partial charge in [0.1, 0.15) is 0 Å². The molecule has 1 N–H and O–H groups in total. The number of non-ortho nitro benzene ring substituents is 1. The number of hydrazone groups is 1. The second-order valence-corrected chi connectivity index (χ2v) is 3.10. The molecule has 90 valence electrons. The van der Waals surface area contributed by atoms with Crippen molar-refractivity contribution >= 4 is 17.5 Å². The summed E-state index contributed by atoms with van der Waals surface area (Å²) in [6.45, 7) is 1.66. The molecule has 0 saturated carbocycles. The summed E-state index contributed by atoms with van der Waals surface area (Å²) in [6.07, 6.45) is -0.675. The van der Waals surface area contributed by atoms with E-state index in [2.05, 4.69) is 15.3 Å². The summed E-state index contributed by atoms with van der Waals surface area (Å²) in [6, 6.07) is 5.84. The number of benzene rings is 1. The molecular weight excluding hydrogens is 226 g/mol. The van der Waals surface area contributed by atoms with E-state index in [1.54, 1.807) is 19.1 Å². The normalized spacial score (nSPS) is 10.8. The van der Waals surface area contributed by atoms with Gasteiger partial charge in [-0.15, -0.1) is 0 Å². The molecule has 0 bridgehead atoms. The first-order valence-corrected chi connectivity index (χ1v) is 4.67. The Morgan fingerprint density at radius 1 is 1.41 bits per heavy atom. The third-order valence-electron chi connectivity index (χ3n) is 2.00. The van der Waals surface area contributed by atoms with Gasteiger partial charge in [-0.2, -0.15) is 5.10 Å². The molecule has 0 aromatic heterocycles. The molecule has 0 atom stereocenters. The number of ether oxygens (including phenoxy) is 1. The van der Waals surface area contributed by atoms with Crippen LogP contribution in [0.3, 0.4) is 0 Å². The lowest BCUT2D eigenvalue weighted by atomic mass is 10.1. The van der Waals surface area contributed by atoms with Crippen LogP contribution in [0.15, 0.2) is 29.4 Å². The van der Waals surface area contributed by atoms with Crippen LogP contribution >= 0.6 is 0 Å². The molecule has 1 aromatic carbocycles. The zero-order valence-electron chi connectivity index (χ0n) is 9.34. The van der Waals surface area contributed by atoms with Crippen molar-refractivity contribution in [2.75, 3.05) is 7.11 Å². The van der Waals surface area contributed by atoms with Gasteiger partial charge in [-0.1, -0.05) is 0 Å². The van der Waals surface area contributed by atoms with Gasteiger partial charge in [0.05, 0.1) is 17.7 Å². The highest BCUT2D eigenvalue weighted by molar-refractivity contribution is 5.99. The number of nitrogens with zero attached hydrogens (tertiary/aromatic N) is 2. The smallest absolute Gasteiger partial charge is 0.427 e. The van der Waals surface area contributed by atoms with Crippen LogP contribution < -0.4 is 5.43 Å². The Balaban J connectivity index is 2.79. The van der Waals surface area contributed by atoms with Crippen molar-refractivity contribution in [3.8, 4) is 0 Å². The molecule has 0 unspecified atom stereocenters. The molecular formula is C10H11N3O4. The Hall–Kier alpha value is -2.44. The molecule has 7 nitrogen and oxygen atoms in total. The Kier molecular flexibility index (Phi) is 4.15. The predicted molar refractivity (Wildman–Crippen MR) is 60.8 cm³/mol. The fourth-order valence-electron chi connectivity index (χ4n) is 1.06. The molecule has 0 heterocycles. The number of hydrogen-bond donors (Lipinski definition) is 1. The lowest BCUT2D eigenvalue weighted by Gasteiger charge is -2.01. The maximum atomic E-state index is 10.8. The quantitative estimate of drug-likeness (QED) is 0.491. The second kappa shape index (κ2) is 5.59. The largest absolute Gasteiger partial charge is 0.452 e. The van der Waals surface area contributed by atoms with Gasteiger partial charge in [-0.05, 0) is 24.6 Å². The molecule has 1 amide bonds. The van der Waals surface area contributed by atoms with Crippen LogP contribution in [0.2, 0.25) is 0 Å². The highest BCUT2D eigenvalue weighted by atomic mass is 16.6. The number of hydrogen-bond acceptors (Lipinski definition) is 5. The number of methoxy groups -OCH3 is 1. The van der Waals surface area contributed by atoms with Gasteiger partial charge in [0.15, 0.2) is 0 Å². The van der Waals surface area contributed by atoms with Crippen LogP contribution in [0.25, 0.3) is 0 Å². The van der Waals surface area contributed by atoms with Crippen molar-refractivity contribution in [1.29, 1.82) is 0 Å². The predicted octanol–water partition coefficient (Wildman–Crippen LogP) is 1.67. The van der Waals surface area contributed by atoms with Crippen LogP contribution in [0.5, 0.6) is 0 Å². The average molecular weight is 237 g/mol. The zero-order chi connectivity index (χ0) is 12.8. The third kappa shape index (κ3) is 3.56. The van der Waals surface area contributed by atoms with Crippen molar-refractivity contribution in [3.05, 3.63) is 39.9 Å². The second-order valence-electron chi connectivity index (χ2n) is 3.10. The van der Waals surface area contributed by atoms with E-state index < -0.39 is 11.0 Å². The van der Waals surface area contributed by atoms with E-state index in [0.29, 0.717) is 11.3 Å². The number of rotatable bonds is 3. The lowest BCUT2D eigenvalue weighted by molar-refractivity contribution is -0.384. The van der Waals surface area contributed by atoms with Crippen molar-refractivity contribution < 1.29 is 14.5 Å². The summed E-state index contributed by atoms with van der Waals surface area (Å²) < 4.78 is 4.34. The first kappa shape index (κ1) is 12.6. The number of carbonyl (C=O) groups is 1. The van der Waals surface area contributed by atoms with E-state index in [1.165, 1.54) is 19.2 Å². The van der Waals surface area contributed by atoms with Gasteiger partial charge in [0.25, 0.3) is 5.69 Å². The van der Waals surface area contributed by atoms with E-state index >= 15 is 0 Å². The maximum Gasteiger partial charge on any atom is 0.427 e. The molecule has 0 saturated heterocycles. The molecule has 1 rings (SSSR count). The standard InChI is InChI=1S/C10H11N3O4/c1-7(11-12-10(14)17-2)8-3-5-9(6-4-8)13(15)16/h3-6H,1-2H3,(H,12,14)/b11-7+. The van der Waals surface area contributed by atoms with Gasteiger partial charge in [-0.3, -0.25) is 10.1 Å². The third-order valence-corrected chi connectivity index (χ3v) is 2.00. The number of carbonyl (C=O) groups excluding carboxylic acids is 1. The van der Waals surface area contributed by atoms with Gasteiger partial charge >= 0.3 is 6.09 Å².